The van der Waals surface area contributed by atoms with Crippen LogP contribution in [0.5, 0.6) is 0 Å². The lowest BCUT2D eigenvalue weighted by molar-refractivity contribution is 0.0944. The zero-order valence-electron chi connectivity index (χ0n) is 14.7. The Kier molecular flexibility index (Phi) is 4.31. The number of aryl methyl sites for hydroxylation is 1. The highest BCUT2D eigenvalue weighted by Gasteiger charge is 2.25. The Bertz CT molecular complexity index is 945. The second-order valence-corrected chi connectivity index (χ2v) is 8.85. The molecule has 0 fully saturated rings. The minimum Gasteiger partial charge on any atom is -0.345 e. The first-order chi connectivity index (χ1) is 12.4. The average Bonchev–Trinajstić information content (AvgIpc) is 3.21. The Balaban J connectivity index is 1.42. The molecule has 1 aliphatic heterocycles. The van der Waals surface area contributed by atoms with E-state index in [2.05, 4.69) is 20.6 Å². The summed E-state index contributed by atoms with van der Waals surface area (Å²) < 4.78 is 26.6. The highest BCUT2D eigenvalue weighted by Crippen LogP contribution is 2.22. The van der Waals surface area contributed by atoms with Crippen LogP contribution >= 0.6 is 0 Å². The zero-order valence-corrected chi connectivity index (χ0v) is 15.5. The molecular formula is C16H22N6O3S. The summed E-state index contributed by atoms with van der Waals surface area (Å²) in [5.74, 6) is -0.201. The maximum Gasteiger partial charge on any atom is 0.272 e. The molecule has 1 amide bonds. The number of sulfonamides is 1. The molecule has 0 saturated heterocycles. The fourth-order valence-corrected chi connectivity index (χ4v) is 4.37. The van der Waals surface area contributed by atoms with Gasteiger partial charge in [0, 0.05) is 17.8 Å². The van der Waals surface area contributed by atoms with E-state index >= 15 is 0 Å². The van der Waals surface area contributed by atoms with Crippen LogP contribution < -0.4 is 5.32 Å². The smallest absolute Gasteiger partial charge is 0.272 e. The second-order valence-electron chi connectivity index (χ2n) is 6.87. The molecular weight excluding hydrogens is 356 g/mol. The number of hydrogen-bond donors (Lipinski definition) is 2. The first kappa shape index (κ1) is 17.2. The number of fused-ring (bicyclic) bond motifs is 2. The molecule has 0 radical (unpaired) electrons. The molecule has 26 heavy (non-hydrogen) atoms. The summed E-state index contributed by atoms with van der Waals surface area (Å²) in [5.41, 5.74) is 4.13. The third-order valence-electron chi connectivity index (χ3n) is 4.98. The van der Waals surface area contributed by atoms with Gasteiger partial charge in [0.15, 0.2) is 5.69 Å². The summed E-state index contributed by atoms with van der Waals surface area (Å²) in [7, 11) is -3.21. The highest BCUT2D eigenvalue weighted by molar-refractivity contribution is 7.88. The van der Waals surface area contributed by atoms with E-state index in [-0.39, 0.29) is 5.91 Å². The number of aromatic nitrogens is 4. The van der Waals surface area contributed by atoms with Crippen molar-refractivity contribution in [2.75, 3.05) is 12.8 Å². The number of carbonyl (C=O) groups is 1. The maximum absolute atomic E-state index is 12.5. The number of aromatic amines is 1. The van der Waals surface area contributed by atoms with Crippen LogP contribution in [0.15, 0.2) is 6.07 Å². The van der Waals surface area contributed by atoms with E-state index in [1.54, 1.807) is 4.68 Å². The van der Waals surface area contributed by atoms with Crippen LogP contribution in [-0.4, -0.2) is 51.4 Å². The molecule has 2 aliphatic rings. The number of carbonyl (C=O) groups excluding carboxylic acids is 1. The SMILES string of the molecule is CS(=O)(=O)N1CCn2nc(CNC(=O)c3n[nH]c4c3CCCC4)cc2C1. The van der Waals surface area contributed by atoms with Crippen molar-refractivity contribution < 1.29 is 13.2 Å². The second kappa shape index (κ2) is 6.51. The Labute approximate surface area is 151 Å². The number of nitrogens with zero attached hydrogens (tertiary/aromatic N) is 4. The maximum atomic E-state index is 12.5. The van der Waals surface area contributed by atoms with Gasteiger partial charge in [-0.3, -0.25) is 14.6 Å². The molecule has 9 nitrogen and oxygen atoms in total. The van der Waals surface area contributed by atoms with E-state index in [9.17, 15) is 13.2 Å². The molecule has 0 saturated carbocycles. The van der Waals surface area contributed by atoms with Gasteiger partial charge in [-0.1, -0.05) is 0 Å². The molecule has 1 aliphatic carbocycles. The van der Waals surface area contributed by atoms with Gasteiger partial charge in [0.1, 0.15) is 0 Å². The normalized spacial score (nSPS) is 17.6. The van der Waals surface area contributed by atoms with Gasteiger partial charge in [0.25, 0.3) is 5.91 Å². The van der Waals surface area contributed by atoms with E-state index in [0.29, 0.717) is 37.6 Å². The molecule has 4 rings (SSSR count). The molecule has 0 unspecified atom stereocenters. The third-order valence-corrected chi connectivity index (χ3v) is 6.23. The van der Waals surface area contributed by atoms with Crippen LogP contribution in [0.1, 0.15) is 46.0 Å². The van der Waals surface area contributed by atoms with E-state index < -0.39 is 10.0 Å². The monoisotopic (exact) mass is 378 g/mol. The fourth-order valence-electron chi connectivity index (χ4n) is 3.59. The highest BCUT2D eigenvalue weighted by atomic mass is 32.2. The van der Waals surface area contributed by atoms with Crippen molar-refractivity contribution >= 4 is 15.9 Å². The first-order valence-electron chi connectivity index (χ1n) is 8.77. The first-order valence-corrected chi connectivity index (χ1v) is 10.6. The van der Waals surface area contributed by atoms with Crippen LogP contribution in [0.4, 0.5) is 0 Å². The zero-order chi connectivity index (χ0) is 18.3. The van der Waals surface area contributed by atoms with Gasteiger partial charge in [-0.25, -0.2) is 8.42 Å². The van der Waals surface area contributed by atoms with Gasteiger partial charge >= 0.3 is 0 Å². The molecule has 0 atom stereocenters. The van der Waals surface area contributed by atoms with Crippen LogP contribution in [-0.2, 0) is 42.5 Å². The minimum absolute atomic E-state index is 0.201. The van der Waals surface area contributed by atoms with E-state index in [1.165, 1.54) is 10.6 Å². The Hall–Kier alpha value is -2.20. The largest absolute Gasteiger partial charge is 0.345 e. The van der Waals surface area contributed by atoms with Crippen LogP contribution in [0, 0.1) is 0 Å². The standard InChI is InChI=1S/C16H22N6O3S/c1-26(24,25)21-6-7-22-12(10-21)8-11(20-22)9-17-16(23)15-13-4-2-3-5-14(13)18-19-15/h8H,2-7,9-10H2,1H3,(H,17,23)(H,18,19). The lowest BCUT2D eigenvalue weighted by atomic mass is 9.96. The lowest BCUT2D eigenvalue weighted by Crippen LogP contribution is -2.37. The molecule has 3 heterocycles. The van der Waals surface area contributed by atoms with E-state index in [0.717, 1.165) is 42.6 Å². The Morgan fingerprint density at radius 3 is 2.92 bits per heavy atom. The summed E-state index contributed by atoms with van der Waals surface area (Å²) >= 11 is 0. The van der Waals surface area contributed by atoms with Crippen molar-refractivity contribution in [3.05, 3.63) is 34.4 Å². The summed E-state index contributed by atoms with van der Waals surface area (Å²) in [6.07, 6.45) is 5.25. The predicted octanol–water partition coefficient (Wildman–Crippen LogP) is 0.190. The topological polar surface area (TPSA) is 113 Å². The molecule has 2 aromatic rings. The molecule has 2 N–H and O–H groups in total. The van der Waals surface area contributed by atoms with Crippen molar-refractivity contribution in [2.24, 2.45) is 0 Å². The van der Waals surface area contributed by atoms with Crippen LogP contribution in [0.25, 0.3) is 0 Å². The van der Waals surface area contributed by atoms with Crippen LogP contribution in [0.2, 0.25) is 0 Å². The Morgan fingerprint density at radius 1 is 1.31 bits per heavy atom. The summed E-state index contributed by atoms with van der Waals surface area (Å²) in [5, 5.41) is 14.5. The summed E-state index contributed by atoms with van der Waals surface area (Å²) in [6.45, 7) is 1.54. The van der Waals surface area contributed by atoms with Crippen molar-refractivity contribution in [2.45, 2.75) is 45.3 Å². The van der Waals surface area contributed by atoms with Gasteiger partial charge in [0.05, 0.1) is 37.3 Å². The van der Waals surface area contributed by atoms with Crippen molar-refractivity contribution in [3.8, 4) is 0 Å². The van der Waals surface area contributed by atoms with Gasteiger partial charge in [-0.15, -0.1) is 0 Å². The molecule has 0 spiro atoms. The number of nitrogens with one attached hydrogen (secondary N) is 2. The molecule has 2 aromatic heterocycles. The Morgan fingerprint density at radius 2 is 2.12 bits per heavy atom. The quantitative estimate of drug-likeness (QED) is 0.789. The third kappa shape index (κ3) is 3.26. The molecule has 0 bridgehead atoms. The minimum atomic E-state index is -3.21. The van der Waals surface area contributed by atoms with E-state index in [4.69, 9.17) is 0 Å². The number of rotatable bonds is 4. The number of amides is 1. The predicted molar refractivity (Wildman–Crippen MR) is 93.9 cm³/mol. The van der Waals surface area contributed by atoms with Gasteiger partial charge in [-0.05, 0) is 31.7 Å². The fraction of sp³-hybridized carbons (Fsp3) is 0.562. The van der Waals surface area contributed by atoms with Crippen molar-refractivity contribution in [3.63, 3.8) is 0 Å². The van der Waals surface area contributed by atoms with Gasteiger partial charge in [0.2, 0.25) is 10.0 Å². The number of hydrogen-bond acceptors (Lipinski definition) is 5. The number of H-pyrrole nitrogens is 1. The van der Waals surface area contributed by atoms with Crippen LogP contribution in [0.3, 0.4) is 0 Å². The van der Waals surface area contributed by atoms with Gasteiger partial charge in [-0.2, -0.15) is 14.5 Å². The van der Waals surface area contributed by atoms with E-state index in [1.807, 2.05) is 6.07 Å². The van der Waals surface area contributed by atoms with Crippen molar-refractivity contribution in [1.82, 2.24) is 29.6 Å². The van der Waals surface area contributed by atoms with Gasteiger partial charge < -0.3 is 5.32 Å². The molecule has 10 heteroatoms. The van der Waals surface area contributed by atoms with Crippen molar-refractivity contribution in [1.29, 1.82) is 0 Å². The molecule has 0 aromatic carbocycles. The summed E-state index contributed by atoms with van der Waals surface area (Å²) in [6, 6.07) is 1.84. The average molecular weight is 378 g/mol. The lowest BCUT2D eigenvalue weighted by Gasteiger charge is -2.25. The summed E-state index contributed by atoms with van der Waals surface area (Å²) in [4.78, 5) is 12.5. The molecule has 140 valence electrons.